The summed E-state index contributed by atoms with van der Waals surface area (Å²) < 4.78 is 36.5. The zero-order valence-corrected chi connectivity index (χ0v) is 16.1. The lowest BCUT2D eigenvalue weighted by Crippen LogP contribution is -2.32. The van der Waals surface area contributed by atoms with Crippen LogP contribution in [0.2, 0.25) is 0 Å². The molecule has 0 radical (unpaired) electrons. The van der Waals surface area contributed by atoms with E-state index in [9.17, 15) is 13.6 Å². The molecule has 0 aliphatic heterocycles. The summed E-state index contributed by atoms with van der Waals surface area (Å²) in [6.45, 7) is 0.368. The first-order valence-corrected chi connectivity index (χ1v) is 9.30. The molecule has 0 atom stereocenters. The summed E-state index contributed by atoms with van der Waals surface area (Å²) >= 11 is 0. The van der Waals surface area contributed by atoms with Crippen LogP contribution in [0.25, 0.3) is 11.0 Å². The number of aromatic nitrogens is 2. The van der Waals surface area contributed by atoms with Crippen LogP contribution in [0.5, 0.6) is 11.5 Å². The number of imidazole rings is 1. The number of fused-ring (bicyclic) bond motifs is 1. The van der Waals surface area contributed by atoms with E-state index in [0.29, 0.717) is 34.6 Å². The van der Waals surface area contributed by atoms with Gasteiger partial charge in [0.25, 0.3) is 12.3 Å². The predicted molar refractivity (Wildman–Crippen MR) is 103 cm³/mol. The smallest absolute Gasteiger partial charge is 0.295 e. The Hall–Kier alpha value is -3.16. The number of carbonyl (C=O) groups excluding carboxylic acids is 1. The van der Waals surface area contributed by atoms with Crippen LogP contribution in [-0.2, 0) is 6.54 Å². The first kappa shape index (κ1) is 19.2. The van der Waals surface area contributed by atoms with Crippen molar-refractivity contribution in [3.8, 4) is 11.5 Å². The Balaban J connectivity index is 1.64. The Morgan fingerprint density at radius 1 is 1.21 bits per heavy atom. The number of halogens is 2. The van der Waals surface area contributed by atoms with Crippen LogP contribution < -0.4 is 9.47 Å². The second-order valence-corrected chi connectivity index (χ2v) is 7.00. The Labute approximate surface area is 166 Å². The molecular weight excluding hydrogens is 380 g/mol. The molecule has 1 aliphatic rings. The van der Waals surface area contributed by atoms with Crippen LogP contribution in [0.1, 0.15) is 41.0 Å². The second-order valence-electron chi connectivity index (χ2n) is 7.00. The van der Waals surface area contributed by atoms with Crippen molar-refractivity contribution in [3.63, 3.8) is 0 Å². The number of methoxy groups -OCH3 is 2. The lowest BCUT2D eigenvalue weighted by molar-refractivity contribution is 0.0728. The topological polar surface area (TPSA) is 67.5 Å². The van der Waals surface area contributed by atoms with Crippen molar-refractivity contribution < 1.29 is 23.0 Å². The first-order valence-electron chi connectivity index (χ1n) is 9.30. The summed E-state index contributed by atoms with van der Waals surface area (Å²) in [5.41, 5.74) is 2.09. The predicted octanol–water partition coefficient (Wildman–Crippen LogP) is 4.32. The molecule has 1 N–H and O–H groups in total. The van der Waals surface area contributed by atoms with Crippen LogP contribution in [0.3, 0.4) is 0 Å². The molecular formula is C21H21F2N3O3. The summed E-state index contributed by atoms with van der Waals surface area (Å²) in [6, 6.07) is 10.4. The summed E-state index contributed by atoms with van der Waals surface area (Å²) in [5, 5.41) is 0. The lowest BCUT2D eigenvalue weighted by atomic mass is 10.1. The average molecular weight is 401 g/mol. The number of hydrogen-bond acceptors (Lipinski definition) is 4. The van der Waals surface area contributed by atoms with E-state index < -0.39 is 12.2 Å². The van der Waals surface area contributed by atoms with Gasteiger partial charge in [0.2, 0.25) is 0 Å². The maximum atomic E-state index is 13.2. The number of amides is 1. The van der Waals surface area contributed by atoms with Gasteiger partial charge in [0.15, 0.2) is 5.82 Å². The van der Waals surface area contributed by atoms with Gasteiger partial charge < -0.3 is 19.4 Å². The number of alkyl halides is 2. The highest BCUT2D eigenvalue weighted by molar-refractivity contribution is 5.97. The van der Waals surface area contributed by atoms with Crippen LogP contribution in [0.4, 0.5) is 8.78 Å². The van der Waals surface area contributed by atoms with Crippen molar-refractivity contribution in [1.82, 2.24) is 14.9 Å². The van der Waals surface area contributed by atoms with Crippen LogP contribution in [0.15, 0.2) is 36.4 Å². The van der Waals surface area contributed by atoms with E-state index in [1.165, 1.54) is 0 Å². The second kappa shape index (κ2) is 7.69. The molecule has 0 saturated heterocycles. The van der Waals surface area contributed by atoms with Gasteiger partial charge in [-0.2, -0.15) is 0 Å². The summed E-state index contributed by atoms with van der Waals surface area (Å²) in [4.78, 5) is 21.5. The number of benzene rings is 2. The maximum absolute atomic E-state index is 13.2. The van der Waals surface area contributed by atoms with Crippen molar-refractivity contribution in [2.45, 2.75) is 31.9 Å². The molecule has 1 saturated carbocycles. The van der Waals surface area contributed by atoms with Gasteiger partial charge in [-0.05, 0) is 49.2 Å². The maximum Gasteiger partial charge on any atom is 0.295 e. The van der Waals surface area contributed by atoms with E-state index in [1.54, 1.807) is 43.4 Å². The number of nitrogens with one attached hydrogen (secondary N) is 1. The largest absolute Gasteiger partial charge is 0.497 e. The minimum absolute atomic E-state index is 0.146. The van der Waals surface area contributed by atoms with E-state index in [1.807, 2.05) is 12.1 Å². The Morgan fingerprint density at radius 2 is 2.00 bits per heavy atom. The fourth-order valence-corrected chi connectivity index (χ4v) is 3.37. The molecule has 1 aromatic heterocycles. The van der Waals surface area contributed by atoms with Crippen LogP contribution >= 0.6 is 0 Å². The third kappa shape index (κ3) is 3.87. The van der Waals surface area contributed by atoms with E-state index in [4.69, 9.17) is 9.47 Å². The highest BCUT2D eigenvalue weighted by Crippen LogP contribution is 2.33. The highest BCUT2D eigenvalue weighted by Gasteiger charge is 2.34. The highest BCUT2D eigenvalue weighted by atomic mass is 19.3. The Bertz CT molecular complexity index is 1050. The van der Waals surface area contributed by atoms with Crippen LogP contribution in [-0.4, -0.2) is 41.0 Å². The molecule has 152 valence electrons. The normalized spacial score (nSPS) is 13.7. The molecule has 8 heteroatoms. The molecule has 1 heterocycles. The number of H-pyrrole nitrogens is 1. The van der Waals surface area contributed by atoms with E-state index in [2.05, 4.69) is 9.97 Å². The standard InChI is InChI=1S/C21H21F2N3O3/c1-28-15-6-8-18(29-2)13(9-15)11-26(14-4-5-14)21(27)12-3-7-16-17(10-12)25-20(24-16)19(22)23/h3,6-10,14,19H,4-5,11H2,1-2H3,(H,24,25). The van der Waals surface area contributed by atoms with Crippen molar-refractivity contribution in [2.75, 3.05) is 14.2 Å². The number of nitrogens with zero attached hydrogens (tertiary/aromatic N) is 2. The third-order valence-electron chi connectivity index (χ3n) is 5.03. The zero-order chi connectivity index (χ0) is 20.5. The average Bonchev–Trinajstić information content (AvgIpc) is 3.48. The molecule has 3 aromatic rings. The van der Waals surface area contributed by atoms with E-state index in [0.717, 1.165) is 18.4 Å². The molecule has 0 spiro atoms. The number of carbonyl (C=O) groups is 1. The summed E-state index contributed by atoms with van der Waals surface area (Å²) in [7, 11) is 3.17. The van der Waals surface area contributed by atoms with Crippen molar-refractivity contribution in [2.24, 2.45) is 0 Å². The number of hydrogen-bond donors (Lipinski definition) is 1. The molecule has 0 bridgehead atoms. The molecule has 0 unspecified atom stereocenters. The minimum atomic E-state index is -2.69. The van der Waals surface area contributed by atoms with Gasteiger partial charge in [-0.1, -0.05) is 0 Å². The van der Waals surface area contributed by atoms with Gasteiger partial charge >= 0.3 is 0 Å². The lowest BCUT2D eigenvalue weighted by Gasteiger charge is -2.24. The molecule has 1 amide bonds. The number of ether oxygens (including phenoxy) is 2. The Kier molecular flexibility index (Phi) is 5.08. The first-order chi connectivity index (χ1) is 14.0. The Morgan fingerprint density at radius 3 is 2.66 bits per heavy atom. The minimum Gasteiger partial charge on any atom is -0.497 e. The number of rotatable bonds is 7. The summed E-state index contributed by atoms with van der Waals surface area (Å²) in [5.74, 6) is 0.800. The number of aromatic amines is 1. The quantitative estimate of drug-likeness (QED) is 0.640. The van der Waals surface area contributed by atoms with Gasteiger partial charge in [-0.25, -0.2) is 13.8 Å². The third-order valence-corrected chi connectivity index (χ3v) is 5.03. The van der Waals surface area contributed by atoms with Crippen molar-refractivity contribution in [3.05, 3.63) is 53.3 Å². The fraction of sp³-hybridized carbons (Fsp3) is 0.333. The fourth-order valence-electron chi connectivity index (χ4n) is 3.37. The van der Waals surface area contributed by atoms with Gasteiger partial charge in [0.1, 0.15) is 11.5 Å². The molecule has 6 nitrogen and oxygen atoms in total. The molecule has 2 aromatic carbocycles. The molecule has 1 aliphatic carbocycles. The van der Waals surface area contributed by atoms with Gasteiger partial charge in [0, 0.05) is 17.2 Å². The van der Waals surface area contributed by atoms with Crippen molar-refractivity contribution >= 4 is 16.9 Å². The molecule has 1 fully saturated rings. The zero-order valence-electron chi connectivity index (χ0n) is 16.1. The van der Waals surface area contributed by atoms with Gasteiger partial charge in [-0.15, -0.1) is 0 Å². The van der Waals surface area contributed by atoms with E-state index in [-0.39, 0.29) is 11.9 Å². The SMILES string of the molecule is COc1ccc(OC)c(CN(C(=O)c2ccc3nc(C(F)F)[nH]c3c2)C2CC2)c1. The molecule has 29 heavy (non-hydrogen) atoms. The van der Waals surface area contributed by atoms with Gasteiger partial charge in [-0.3, -0.25) is 4.79 Å². The van der Waals surface area contributed by atoms with Crippen molar-refractivity contribution in [1.29, 1.82) is 0 Å². The summed E-state index contributed by atoms with van der Waals surface area (Å²) in [6.07, 6.45) is -0.829. The van der Waals surface area contributed by atoms with Crippen LogP contribution in [0, 0.1) is 0 Å². The van der Waals surface area contributed by atoms with E-state index >= 15 is 0 Å². The molecule has 4 rings (SSSR count). The van der Waals surface area contributed by atoms with Gasteiger partial charge in [0.05, 0.1) is 31.8 Å². The monoisotopic (exact) mass is 401 g/mol.